The Balaban J connectivity index is 1.37. The molecule has 6 aliphatic rings. The summed E-state index contributed by atoms with van der Waals surface area (Å²) in [6.45, 7) is 13.6. The summed E-state index contributed by atoms with van der Waals surface area (Å²) in [5, 5.41) is 36.9. The van der Waals surface area contributed by atoms with Crippen molar-refractivity contribution in [1.82, 2.24) is 21.3 Å². The van der Waals surface area contributed by atoms with Gasteiger partial charge in [0.25, 0.3) is 0 Å². The van der Waals surface area contributed by atoms with E-state index in [1.165, 1.54) is 0 Å². The lowest BCUT2D eigenvalue weighted by Crippen LogP contribution is -2.49. The fourth-order valence-corrected chi connectivity index (χ4v) is 11.7. The fraction of sp³-hybridized carbons (Fsp3) is 0.941. The molecule has 6 fully saturated rings. The fourth-order valence-electron chi connectivity index (χ4n) is 11.7. The third kappa shape index (κ3) is 5.19. The Labute approximate surface area is 253 Å². The van der Waals surface area contributed by atoms with Crippen molar-refractivity contribution in [2.75, 3.05) is 0 Å². The minimum Gasteiger partial charge on any atom is -0.481 e. The molecule has 8 bridgehead atoms. The molecule has 42 heavy (non-hydrogen) atoms. The normalized spacial score (nSPS) is 52.6. The average Bonchev–Trinajstić information content (AvgIpc) is 3.69. The molecule has 0 spiro atoms. The number of aliphatic carboxylic acids is 1. The molecule has 1 aliphatic carbocycles. The first-order chi connectivity index (χ1) is 20.0. The van der Waals surface area contributed by atoms with Gasteiger partial charge in [-0.25, -0.2) is 0 Å². The van der Waals surface area contributed by atoms with E-state index >= 15 is 0 Å². The number of carbonyl (C=O) groups excluding carboxylic acids is 1. The molecule has 0 amide bonds. The van der Waals surface area contributed by atoms with E-state index < -0.39 is 5.97 Å². The van der Waals surface area contributed by atoms with E-state index in [2.05, 4.69) is 55.9 Å². The van der Waals surface area contributed by atoms with E-state index in [4.69, 9.17) is 0 Å². The highest BCUT2D eigenvalue weighted by Crippen LogP contribution is 2.50. The molecule has 0 aromatic rings. The topological polar surface area (TPSA) is 123 Å². The van der Waals surface area contributed by atoms with Gasteiger partial charge in [0.1, 0.15) is 5.78 Å². The Morgan fingerprint density at radius 1 is 0.786 bits per heavy atom. The van der Waals surface area contributed by atoms with Gasteiger partial charge >= 0.3 is 5.97 Å². The van der Waals surface area contributed by atoms with Crippen molar-refractivity contribution in [1.29, 1.82) is 0 Å². The summed E-state index contributed by atoms with van der Waals surface area (Å²) in [7, 11) is 0. The number of fused-ring (bicyclic) bond motifs is 8. The summed E-state index contributed by atoms with van der Waals surface area (Å²) in [5.41, 5.74) is 0. The highest BCUT2D eigenvalue weighted by Gasteiger charge is 2.59. The van der Waals surface area contributed by atoms with Gasteiger partial charge in [-0.3, -0.25) is 9.59 Å². The molecule has 0 aromatic heterocycles. The summed E-state index contributed by atoms with van der Waals surface area (Å²) in [6, 6.07) is 2.34. The van der Waals surface area contributed by atoms with E-state index in [-0.39, 0.29) is 60.4 Å². The standard InChI is InChI=1S/C34H58N4O4/c1-7-19-15(3)23-13-28-31(18(6)39)17(5)25(36-28)12-24-16(4)21(9-10-30(41)42)33(37-24)22-11-29(40)32-20(8-2)27(38-34(22)32)14-26(19)35-23/h15-28,31-39H,7-14H2,1-6H3,(H,41,42)/t15?,16-,17?,18?,19?,20?,21-,22?,23?,24?,25?,26?,27?,28?,31?,32?,33?,34?/m0/s1. The maximum absolute atomic E-state index is 13.8. The number of aliphatic hydroxyl groups excluding tert-OH is 1. The minimum absolute atomic E-state index is 0.0798. The third-order valence-electron chi connectivity index (χ3n) is 13.8. The SMILES string of the molecule is CCC1C2CC3NC4C(CC(=O)C4C3CC)C3NC(CC4NC(CC(N2)C1C)C(C(C)O)C4C)[C@@H](C)[C@@H]3CCC(=O)O. The maximum atomic E-state index is 13.8. The molecular weight excluding hydrogens is 528 g/mol. The molecule has 238 valence electrons. The van der Waals surface area contributed by atoms with Gasteiger partial charge in [0.2, 0.25) is 0 Å². The number of ketones is 1. The molecular formula is C34H58N4O4. The van der Waals surface area contributed by atoms with Crippen molar-refractivity contribution in [2.24, 2.45) is 53.3 Å². The molecule has 0 aromatic carbocycles. The number of aliphatic hydroxyl groups is 1. The minimum atomic E-state index is -0.732. The molecule has 6 N–H and O–H groups in total. The molecule has 6 rings (SSSR count). The number of carbonyl (C=O) groups is 2. The van der Waals surface area contributed by atoms with Gasteiger partial charge < -0.3 is 31.5 Å². The van der Waals surface area contributed by atoms with E-state index in [1.807, 2.05) is 6.92 Å². The number of nitrogens with one attached hydrogen (secondary N) is 4. The van der Waals surface area contributed by atoms with Crippen LogP contribution in [0.15, 0.2) is 0 Å². The second-order valence-corrected chi connectivity index (χ2v) is 15.6. The monoisotopic (exact) mass is 586 g/mol. The predicted molar refractivity (Wildman–Crippen MR) is 164 cm³/mol. The zero-order valence-electron chi connectivity index (χ0n) is 26.8. The second kappa shape index (κ2) is 12.0. The Kier molecular flexibility index (Phi) is 8.87. The van der Waals surface area contributed by atoms with E-state index in [0.717, 1.165) is 32.1 Å². The van der Waals surface area contributed by atoms with Crippen LogP contribution in [0.2, 0.25) is 0 Å². The van der Waals surface area contributed by atoms with E-state index in [0.29, 0.717) is 72.4 Å². The molecule has 18 atom stereocenters. The summed E-state index contributed by atoms with van der Waals surface area (Å²) in [4.78, 5) is 25.5. The second-order valence-electron chi connectivity index (χ2n) is 15.6. The van der Waals surface area contributed by atoms with Crippen LogP contribution in [0.4, 0.5) is 0 Å². The summed E-state index contributed by atoms with van der Waals surface area (Å²) in [5.74, 6) is 2.66. The van der Waals surface area contributed by atoms with Crippen LogP contribution in [0.25, 0.3) is 0 Å². The first-order valence-electron chi connectivity index (χ1n) is 17.5. The van der Waals surface area contributed by atoms with Gasteiger partial charge in [-0.15, -0.1) is 0 Å². The first-order valence-corrected chi connectivity index (χ1v) is 17.5. The molecule has 5 aliphatic heterocycles. The first kappa shape index (κ1) is 30.9. The van der Waals surface area contributed by atoms with Crippen LogP contribution in [0, 0.1) is 53.3 Å². The van der Waals surface area contributed by atoms with Gasteiger partial charge in [-0.1, -0.05) is 47.5 Å². The molecule has 8 heteroatoms. The maximum Gasteiger partial charge on any atom is 0.303 e. The highest BCUT2D eigenvalue weighted by atomic mass is 16.4. The van der Waals surface area contributed by atoms with Gasteiger partial charge in [0.15, 0.2) is 0 Å². The quantitative estimate of drug-likeness (QED) is 0.281. The van der Waals surface area contributed by atoms with Crippen molar-refractivity contribution in [3.8, 4) is 0 Å². The Hall–Kier alpha value is -1.06. The van der Waals surface area contributed by atoms with Crippen LogP contribution < -0.4 is 21.3 Å². The van der Waals surface area contributed by atoms with Crippen LogP contribution in [-0.2, 0) is 9.59 Å². The number of carboxylic acids is 1. The molecule has 8 nitrogen and oxygen atoms in total. The predicted octanol–water partition coefficient (Wildman–Crippen LogP) is 3.18. The van der Waals surface area contributed by atoms with E-state index in [9.17, 15) is 19.8 Å². The Morgan fingerprint density at radius 3 is 2.00 bits per heavy atom. The Bertz CT molecular complexity index is 1010. The molecule has 5 saturated heterocycles. The van der Waals surface area contributed by atoms with E-state index in [1.54, 1.807) is 0 Å². The van der Waals surface area contributed by atoms with Crippen LogP contribution in [0.3, 0.4) is 0 Å². The number of hydrogen-bond acceptors (Lipinski definition) is 7. The van der Waals surface area contributed by atoms with Gasteiger partial charge in [0.05, 0.1) is 6.10 Å². The molecule has 1 saturated carbocycles. The lowest BCUT2D eigenvalue weighted by molar-refractivity contribution is -0.137. The van der Waals surface area contributed by atoms with Crippen LogP contribution in [-0.4, -0.2) is 76.4 Å². The van der Waals surface area contributed by atoms with Crippen molar-refractivity contribution >= 4 is 11.8 Å². The van der Waals surface area contributed by atoms with Crippen LogP contribution >= 0.6 is 0 Å². The lowest BCUT2D eigenvalue weighted by atomic mass is 9.76. The lowest BCUT2D eigenvalue weighted by Gasteiger charge is -2.32. The number of hydrogen-bond donors (Lipinski definition) is 6. The molecule has 0 radical (unpaired) electrons. The van der Waals surface area contributed by atoms with Crippen LogP contribution in [0.5, 0.6) is 0 Å². The van der Waals surface area contributed by atoms with Crippen LogP contribution in [0.1, 0.15) is 92.9 Å². The smallest absolute Gasteiger partial charge is 0.303 e. The largest absolute Gasteiger partial charge is 0.481 e. The Morgan fingerprint density at radius 2 is 1.33 bits per heavy atom. The van der Waals surface area contributed by atoms with Crippen molar-refractivity contribution in [3.63, 3.8) is 0 Å². The summed E-state index contributed by atoms with van der Waals surface area (Å²) >= 11 is 0. The van der Waals surface area contributed by atoms with Gasteiger partial charge in [-0.05, 0) is 74.0 Å². The number of carboxylic acid groups (broad SMARTS) is 1. The van der Waals surface area contributed by atoms with Crippen molar-refractivity contribution in [2.45, 2.75) is 147 Å². The number of rotatable bonds is 6. The third-order valence-corrected chi connectivity index (χ3v) is 13.8. The summed E-state index contributed by atoms with van der Waals surface area (Å²) < 4.78 is 0. The van der Waals surface area contributed by atoms with Crippen molar-refractivity contribution < 1.29 is 19.8 Å². The van der Waals surface area contributed by atoms with Gasteiger partial charge in [0, 0.05) is 73.0 Å². The summed E-state index contributed by atoms with van der Waals surface area (Å²) in [6.07, 6.45) is 6.30. The van der Waals surface area contributed by atoms with Crippen molar-refractivity contribution in [3.05, 3.63) is 0 Å². The zero-order chi connectivity index (χ0) is 30.0. The van der Waals surface area contributed by atoms with Gasteiger partial charge in [-0.2, -0.15) is 0 Å². The zero-order valence-corrected chi connectivity index (χ0v) is 26.8. The number of Topliss-reactive ketones (excluding diaryl/α,β-unsaturated/α-hetero) is 1. The highest BCUT2D eigenvalue weighted by molar-refractivity contribution is 5.85. The average molecular weight is 587 g/mol. The molecule has 16 unspecified atom stereocenters. The molecule has 5 heterocycles.